The van der Waals surface area contributed by atoms with Gasteiger partial charge in [0.1, 0.15) is 18.5 Å². The first-order valence-corrected chi connectivity index (χ1v) is 6.75. The monoisotopic (exact) mass is 268 g/mol. The lowest BCUT2D eigenvalue weighted by atomic mass is 10.1. The molecule has 0 fully saturated rings. The summed E-state index contributed by atoms with van der Waals surface area (Å²) in [6.45, 7) is 4.91. The van der Waals surface area contributed by atoms with E-state index in [0.29, 0.717) is 19.0 Å². The molecule has 1 N–H and O–H groups in total. The topological polar surface area (TPSA) is 55.8 Å². The molecule has 5 heteroatoms. The molecule has 0 radical (unpaired) electrons. The molecule has 0 aromatic heterocycles. The van der Waals surface area contributed by atoms with E-state index in [1.54, 1.807) is 0 Å². The summed E-state index contributed by atoms with van der Waals surface area (Å²) < 4.78 is 10.9. The van der Waals surface area contributed by atoms with E-state index in [1.807, 2.05) is 32.0 Å². The minimum Gasteiger partial charge on any atom is -0.486 e. The van der Waals surface area contributed by atoms with Gasteiger partial charge in [-0.05, 0) is 24.1 Å². The third-order valence-electron chi connectivity index (χ3n) is 2.63. The Balaban J connectivity index is 2.16. The van der Waals surface area contributed by atoms with Crippen molar-refractivity contribution < 1.29 is 19.4 Å². The van der Waals surface area contributed by atoms with Gasteiger partial charge in [0.15, 0.2) is 11.5 Å². The number of carbonyl (C=O) groups is 1. The fourth-order valence-corrected chi connectivity index (χ4v) is 2.70. The summed E-state index contributed by atoms with van der Waals surface area (Å²) in [4.78, 5) is 12.0. The van der Waals surface area contributed by atoms with Gasteiger partial charge in [0.05, 0.1) is 0 Å². The average molecular weight is 268 g/mol. The van der Waals surface area contributed by atoms with Crippen LogP contribution in [0.25, 0.3) is 0 Å². The fraction of sp³-hybridized carbons (Fsp3) is 0.462. The molecule has 18 heavy (non-hydrogen) atoms. The van der Waals surface area contributed by atoms with E-state index >= 15 is 0 Å². The zero-order valence-electron chi connectivity index (χ0n) is 10.4. The molecular formula is C13H16O4S. The second-order valence-electron chi connectivity index (χ2n) is 4.43. The van der Waals surface area contributed by atoms with Crippen LogP contribution in [0.3, 0.4) is 0 Å². The molecule has 1 aromatic rings. The minimum atomic E-state index is -0.787. The van der Waals surface area contributed by atoms with Crippen molar-refractivity contribution >= 4 is 17.7 Å². The van der Waals surface area contributed by atoms with Crippen molar-refractivity contribution in [2.24, 2.45) is 5.92 Å². The highest BCUT2D eigenvalue weighted by molar-refractivity contribution is 8.00. The molecule has 1 aliphatic heterocycles. The van der Waals surface area contributed by atoms with Gasteiger partial charge in [0, 0.05) is 4.90 Å². The fourth-order valence-electron chi connectivity index (χ4n) is 1.72. The van der Waals surface area contributed by atoms with E-state index in [9.17, 15) is 4.79 Å². The van der Waals surface area contributed by atoms with Crippen molar-refractivity contribution in [3.05, 3.63) is 18.2 Å². The Bertz CT molecular complexity index is 445. The van der Waals surface area contributed by atoms with Crippen molar-refractivity contribution in [1.82, 2.24) is 0 Å². The molecule has 0 saturated heterocycles. The van der Waals surface area contributed by atoms with Crippen LogP contribution in [0.4, 0.5) is 0 Å². The van der Waals surface area contributed by atoms with Crippen LogP contribution in [-0.4, -0.2) is 29.5 Å². The molecule has 1 unspecified atom stereocenters. The number of carboxylic acid groups (broad SMARTS) is 1. The maximum atomic E-state index is 11.2. The third-order valence-corrected chi connectivity index (χ3v) is 4.15. The van der Waals surface area contributed by atoms with Crippen LogP contribution in [0.2, 0.25) is 0 Å². The number of carboxylic acids is 1. The largest absolute Gasteiger partial charge is 0.486 e. The summed E-state index contributed by atoms with van der Waals surface area (Å²) in [5.41, 5.74) is 0. The number of hydrogen-bond donors (Lipinski definition) is 1. The van der Waals surface area contributed by atoms with Crippen LogP contribution < -0.4 is 9.47 Å². The molecule has 0 spiro atoms. The highest BCUT2D eigenvalue weighted by atomic mass is 32.2. The molecule has 0 saturated carbocycles. The van der Waals surface area contributed by atoms with E-state index in [-0.39, 0.29) is 5.92 Å². The van der Waals surface area contributed by atoms with E-state index in [1.165, 1.54) is 11.8 Å². The SMILES string of the molecule is CC(C)C(Sc1ccc2c(c1)OCCO2)C(=O)O. The van der Waals surface area contributed by atoms with E-state index < -0.39 is 11.2 Å². The molecule has 1 heterocycles. The van der Waals surface area contributed by atoms with E-state index in [4.69, 9.17) is 14.6 Å². The number of ether oxygens (including phenoxy) is 2. The highest BCUT2D eigenvalue weighted by Gasteiger charge is 2.23. The maximum Gasteiger partial charge on any atom is 0.317 e. The Morgan fingerprint density at radius 3 is 2.56 bits per heavy atom. The summed E-state index contributed by atoms with van der Waals surface area (Å²) in [6, 6.07) is 5.55. The van der Waals surface area contributed by atoms with Gasteiger partial charge in [0.25, 0.3) is 0 Å². The first kappa shape index (κ1) is 13.1. The number of rotatable bonds is 4. The first-order valence-electron chi connectivity index (χ1n) is 5.87. The summed E-state index contributed by atoms with van der Waals surface area (Å²) in [5, 5.41) is 8.72. The molecule has 4 nitrogen and oxygen atoms in total. The Labute approximate surface area is 110 Å². The Kier molecular flexibility index (Phi) is 4.01. The molecular weight excluding hydrogens is 252 g/mol. The summed E-state index contributed by atoms with van der Waals surface area (Å²) >= 11 is 1.34. The van der Waals surface area contributed by atoms with Crippen LogP contribution in [-0.2, 0) is 4.79 Å². The van der Waals surface area contributed by atoms with Crippen LogP contribution >= 0.6 is 11.8 Å². The second-order valence-corrected chi connectivity index (χ2v) is 5.64. The van der Waals surface area contributed by atoms with Crippen molar-refractivity contribution in [2.75, 3.05) is 13.2 Å². The molecule has 0 bridgehead atoms. The molecule has 98 valence electrons. The first-order chi connectivity index (χ1) is 8.58. The number of thioether (sulfide) groups is 1. The predicted molar refractivity (Wildman–Crippen MR) is 69.6 cm³/mol. The van der Waals surface area contributed by atoms with Gasteiger partial charge in [-0.3, -0.25) is 4.79 Å². The van der Waals surface area contributed by atoms with Crippen molar-refractivity contribution in [1.29, 1.82) is 0 Å². The standard InChI is InChI=1S/C13H16O4S/c1-8(2)12(13(14)15)18-9-3-4-10-11(7-9)17-6-5-16-10/h3-4,7-8,12H,5-6H2,1-2H3,(H,14,15). The Morgan fingerprint density at radius 1 is 1.28 bits per heavy atom. The molecule has 0 amide bonds. The zero-order valence-corrected chi connectivity index (χ0v) is 11.2. The minimum absolute atomic E-state index is 0.0701. The lowest BCUT2D eigenvalue weighted by Gasteiger charge is -2.20. The quantitative estimate of drug-likeness (QED) is 0.851. The van der Waals surface area contributed by atoms with Crippen molar-refractivity contribution in [2.45, 2.75) is 24.0 Å². The maximum absolute atomic E-state index is 11.2. The molecule has 1 aromatic carbocycles. The van der Waals surface area contributed by atoms with E-state index in [0.717, 1.165) is 10.6 Å². The number of hydrogen-bond acceptors (Lipinski definition) is 4. The van der Waals surface area contributed by atoms with Crippen LogP contribution in [0, 0.1) is 5.92 Å². The zero-order chi connectivity index (χ0) is 13.1. The summed E-state index contributed by atoms with van der Waals surface area (Å²) in [7, 11) is 0. The number of benzene rings is 1. The number of fused-ring (bicyclic) bond motifs is 1. The normalized spacial score (nSPS) is 15.5. The smallest absolute Gasteiger partial charge is 0.317 e. The molecule has 1 aliphatic rings. The highest BCUT2D eigenvalue weighted by Crippen LogP contribution is 2.36. The van der Waals surface area contributed by atoms with Crippen LogP contribution in [0.5, 0.6) is 11.5 Å². The van der Waals surface area contributed by atoms with Crippen LogP contribution in [0.15, 0.2) is 23.1 Å². The molecule has 1 atom stereocenters. The summed E-state index contributed by atoms with van der Waals surface area (Å²) in [5.74, 6) is 0.701. The summed E-state index contributed by atoms with van der Waals surface area (Å²) in [6.07, 6.45) is 0. The Hall–Kier alpha value is -1.36. The second kappa shape index (κ2) is 5.52. The van der Waals surface area contributed by atoms with E-state index in [2.05, 4.69) is 0 Å². The van der Waals surface area contributed by atoms with Gasteiger partial charge in [0.2, 0.25) is 0 Å². The lowest BCUT2D eigenvalue weighted by molar-refractivity contribution is -0.137. The lowest BCUT2D eigenvalue weighted by Crippen LogP contribution is -2.22. The number of aliphatic carboxylic acids is 1. The average Bonchev–Trinajstić information content (AvgIpc) is 2.35. The predicted octanol–water partition coefficient (Wildman–Crippen LogP) is 2.66. The van der Waals surface area contributed by atoms with Crippen molar-refractivity contribution in [3.63, 3.8) is 0 Å². The molecule has 2 rings (SSSR count). The van der Waals surface area contributed by atoms with Gasteiger partial charge >= 0.3 is 5.97 Å². The van der Waals surface area contributed by atoms with Gasteiger partial charge in [-0.2, -0.15) is 0 Å². The van der Waals surface area contributed by atoms with Gasteiger partial charge in [-0.1, -0.05) is 13.8 Å². The van der Waals surface area contributed by atoms with Crippen LogP contribution in [0.1, 0.15) is 13.8 Å². The third kappa shape index (κ3) is 2.90. The van der Waals surface area contributed by atoms with Crippen molar-refractivity contribution in [3.8, 4) is 11.5 Å². The van der Waals surface area contributed by atoms with Gasteiger partial charge < -0.3 is 14.6 Å². The van der Waals surface area contributed by atoms with Gasteiger partial charge in [-0.25, -0.2) is 0 Å². The van der Waals surface area contributed by atoms with Gasteiger partial charge in [-0.15, -0.1) is 11.8 Å². The molecule has 0 aliphatic carbocycles. The Morgan fingerprint density at radius 2 is 1.94 bits per heavy atom.